The van der Waals surface area contributed by atoms with E-state index in [9.17, 15) is 4.79 Å². The maximum Gasteiger partial charge on any atom is 0.269 e. The summed E-state index contributed by atoms with van der Waals surface area (Å²) in [5.41, 5.74) is 5.25. The molecule has 0 unspecified atom stereocenters. The molecule has 1 aromatic heterocycles. The predicted octanol–water partition coefficient (Wildman–Crippen LogP) is 0.458. The highest BCUT2D eigenvalue weighted by atomic mass is 16.1. The fourth-order valence-electron chi connectivity index (χ4n) is 1.65. The molecule has 1 saturated carbocycles. The monoisotopic (exact) mass is 231 g/mol. The number of aromatic nitrogens is 2. The second-order valence-electron chi connectivity index (χ2n) is 3.97. The molecule has 0 radical (unpaired) electrons. The van der Waals surface area contributed by atoms with Gasteiger partial charge >= 0.3 is 0 Å². The van der Waals surface area contributed by atoms with Gasteiger partial charge in [0.1, 0.15) is 0 Å². The van der Waals surface area contributed by atoms with E-state index >= 15 is 0 Å². The molecular weight excluding hydrogens is 218 g/mol. The average molecular weight is 231 g/mol. The summed E-state index contributed by atoms with van der Waals surface area (Å²) < 4.78 is 0. The predicted molar refractivity (Wildman–Crippen MR) is 61.1 cm³/mol. The topological polar surface area (TPSA) is 95.9 Å². The Hall–Kier alpha value is -2.16. The molecule has 0 saturated heterocycles. The molecular formula is C11H13N5O. The number of rotatable bonds is 5. The Morgan fingerprint density at radius 1 is 1.53 bits per heavy atom. The number of nitrogens with zero attached hydrogens (tertiary/aromatic N) is 4. The van der Waals surface area contributed by atoms with E-state index in [0.717, 1.165) is 12.8 Å². The first-order valence-corrected chi connectivity index (χ1v) is 5.49. The number of nitrogens with two attached hydrogens (primary N) is 1. The Bertz CT molecular complexity index is 446. The Labute approximate surface area is 99.0 Å². The van der Waals surface area contributed by atoms with E-state index in [2.05, 4.69) is 21.2 Å². The van der Waals surface area contributed by atoms with Crippen LogP contribution in [0.2, 0.25) is 0 Å². The van der Waals surface area contributed by atoms with E-state index in [0.29, 0.717) is 24.8 Å². The van der Waals surface area contributed by atoms with Gasteiger partial charge in [-0.1, -0.05) is 0 Å². The van der Waals surface area contributed by atoms with Crippen molar-refractivity contribution < 1.29 is 4.79 Å². The van der Waals surface area contributed by atoms with Crippen molar-refractivity contribution in [2.45, 2.75) is 25.3 Å². The Morgan fingerprint density at radius 2 is 2.29 bits per heavy atom. The van der Waals surface area contributed by atoms with Crippen LogP contribution in [0.15, 0.2) is 12.1 Å². The van der Waals surface area contributed by atoms with Crippen LogP contribution in [0.5, 0.6) is 0 Å². The van der Waals surface area contributed by atoms with Crippen LogP contribution < -0.4 is 10.6 Å². The molecule has 6 nitrogen and oxygen atoms in total. The quantitative estimate of drug-likeness (QED) is 0.794. The minimum atomic E-state index is -0.584. The maximum absolute atomic E-state index is 10.9. The van der Waals surface area contributed by atoms with Gasteiger partial charge in [-0.25, -0.2) is 0 Å². The van der Waals surface area contributed by atoms with Gasteiger partial charge in [0.2, 0.25) is 0 Å². The van der Waals surface area contributed by atoms with Crippen molar-refractivity contribution in [3.63, 3.8) is 0 Å². The number of nitriles is 1. The number of carbonyl (C=O) groups is 1. The summed E-state index contributed by atoms with van der Waals surface area (Å²) in [5, 5.41) is 16.4. The van der Waals surface area contributed by atoms with Crippen LogP contribution >= 0.6 is 0 Å². The zero-order valence-corrected chi connectivity index (χ0v) is 9.33. The third kappa shape index (κ3) is 2.69. The Morgan fingerprint density at radius 3 is 2.76 bits per heavy atom. The zero-order valence-electron chi connectivity index (χ0n) is 9.33. The molecule has 0 spiro atoms. The molecule has 6 heteroatoms. The van der Waals surface area contributed by atoms with Gasteiger partial charge in [-0.15, -0.1) is 10.2 Å². The van der Waals surface area contributed by atoms with E-state index in [1.807, 2.05) is 0 Å². The largest absolute Gasteiger partial charge is 0.364 e. The number of primary amides is 1. The van der Waals surface area contributed by atoms with Crippen molar-refractivity contribution in [2.24, 2.45) is 5.73 Å². The third-order valence-electron chi connectivity index (χ3n) is 2.65. The molecule has 1 aromatic rings. The second-order valence-corrected chi connectivity index (χ2v) is 3.97. The van der Waals surface area contributed by atoms with Crippen LogP contribution in [0.1, 0.15) is 29.8 Å². The molecule has 0 bridgehead atoms. The molecule has 1 amide bonds. The second kappa shape index (κ2) is 4.78. The van der Waals surface area contributed by atoms with E-state index in [1.165, 1.54) is 0 Å². The van der Waals surface area contributed by atoms with Crippen LogP contribution in [0, 0.1) is 11.3 Å². The van der Waals surface area contributed by atoms with Crippen molar-refractivity contribution >= 4 is 11.7 Å². The molecule has 2 N–H and O–H groups in total. The highest BCUT2D eigenvalue weighted by molar-refractivity contribution is 5.90. The van der Waals surface area contributed by atoms with Crippen molar-refractivity contribution in [1.29, 1.82) is 5.26 Å². The number of carbonyl (C=O) groups excluding carboxylic acids is 1. The first-order chi connectivity index (χ1) is 8.22. The zero-order chi connectivity index (χ0) is 12.3. The fraction of sp³-hybridized carbons (Fsp3) is 0.455. The summed E-state index contributed by atoms with van der Waals surface area (Å²) in [6.45, 7) is 0.645. The molecule has 1 heterocycles. The first kappa shape index (κ1) is 11.3. The summed E-state index contributed by atoms with van der Waals surface area (Å²) in [7, 11) is 0. The van der Waals surface area contributed by atoms with Gasteiger partial charge in [-0.3, -0.25) is 4.79 Å². The van der Waals surface area contributed by atoms with Gasteiger partial charge < -0.3 is 10.6 Å². The molecule has 0 aromatic carbocycles. The Balaban J connectivity index is 2.13. The number of hydrogen-bond donors (Lipinski definition) is 1. The van der Waals surface area contributed by atoms with Crippen LogP contribution in [-0.4, -0.2) is 28.7 Å². The molecule has 88 valence electrons. The lowest BCUT2D eigenvalue weighted by molar-refractivity contribution is 0.0994. The minimum absolute atomic E-state index is 0.157. The standard InChI is InChI=1S/C11H13N5O/c12-6-1-7-16(8-2-3-8)10-5-4-9(11(13)17)14-15-10/h4-5,8H,1-3,7H2,(H2,13,17). The summed E-state index contributed by atoms with van der Waals surface area (Å²) >= 11 is 0. The number of hydrogen-bond acceptors (Lipinski definition) is 5. The molecule has 0 aliphatic heterocycles. The van der Waals surface area contributed by atoms with Gasteiger partial charge in [0.05, 0.1) is 12.5 Å². The van der Waals surface area contributed by atoms with E-state index in [1.54, 1.807) is 12.1 Å². The lowest BCUT2D eigenvalue weighted by atomic mass is 10.3. The highest BCUT2D eigenvalue weighted by Gasteiger charge is 2.29. The van der Waals surface area contributed by atoms with Crippen LogP contribution in [-0.2, 0) is 0 Å². The first-order valence-electron chi connectivity index (χ1n) is 5.49. The molecule has 1 fully saturated rings. The van der Waals surface area contributed by atoms with Gasteiger partial charge in [0, 0.05) is 12.6 Å². The maximum atomic E-state index is 10.9. The summed E-state index contributed by atoms with van der Waals surface area (Å²) in [6.07, 6.45) is 2.69. The Kier molecular flexibility index (Phi) is 3.19. The van der Waals surface area contributed by atoms with Crippen molar-refractivity contribution in [1.82, 2.24) is 10.2 Å². The van der Waals surface area contributed by atoms with Crippen LogP contribution in [0.4, 0.5) is 5.82 Å². The lowest BCUT2D eigenvalue weighted by Crippen LogP contribution is -2.28. The third-order valence-corrected chi connectivity index (χ3v) is 2.65. The van der Waals surface area contributed by atoms with Gasteiger partial charge in [0.15, 0.2) is 11.5 Å². The molecule has 1 aliphatic carbocycles. The van der Waals surface area contributed by atoms with Crippen molar-refractivity contribution in [3.05, 3.63) is 17.8 Å². The van der Waals surface area contributed by atoms with Gasteiger partial charge in [-0.05, 0) is 25.0 Å². The number of amides is 1. The van der Waals surface area contributed by atoms with Gasteiger partial charge in [-0.2, -0.15) is 5.26 Å². The molecule has 1 aliphatic rings. The van der Waals surface area contributed by atoms with Crippen LogP contribution in [0.25, 0.3) is 0 Å². The van der Waals surface area contributed by atoms with Crippen molar-refractivity contribution in [2.75, 3.05) is 11.4 Å². The summed E-state index contributed by atoms with van der Waals surface area (Å²) in [6, 6.07) is 5.86. The van der Waals surface area contributed by atoms with Gasteiger partial charge in [0.25, 0.3) is 5.91 Å². The highest BCUT2D eigenvalue weighted by Crippen LogP contribution is 2.30. The lowest BCUT2D eigenvalue weighted by Gasteiger charge is -2.21. The van der Waals surface area contributed by atoms with E-state index in [-0.39, 0.29) is 5.69 Å². The summed E-state index contributed by atoms with van der Waals surface area (Å²) in [4.78, 5) is 12.9. The number of anilines is 1. The molecule has 17 heavy (non-hydrogen) atoms. The summed E-state index contributed by atoms with van der Waals surface area (Å²) in [5.74, 6) is 0.117. The average Bonchev–Trinajstić information content (AvgIpc) is 3.14. The van der Waals surface area contributed by atoms with Crippen molar-refractivity contribution in [3.8, 4) is 6.07 Å². The fourth-order valence-corrected chi connectivity index (χ4v) is 1.65. The van der Waals surface area contributed by atoms with E-state index in [4.69, 9.17) is 11.0 Å². The SMILES string of the molecule is N#CCCN(c1ccc(C(N)=O)nn1)C1CC1. The van der Waals surface area contributed by atoms with Crippen LogP contribution in [0.3, 0.4) is 0 Å². The normalized spacial score (nSPS) is 14.1. The molecule has 0 atom stereocenters. The molecule has 2 rings (SSSR count). The minimum Gasteiger partial charge on any atom is -0.364 e. The van der Waals surface area contributed by atoms with E-state index < -0.39 is 5.91 Å². The smallest absolute Gasteiger partial charge is 0.269 e.